The Balaban J connectivity index is 1.78. The first-order valence-electron chi connectivity index (χ1n) is 8.44. The van der Waals surface area contributed by atoms with Gasteiger partial charge in [0.2, 0.25) is 5.09 Å². The molecule has 0 amide bonds. The lowest BCUT2D eigenvalue weighted by Gasteiger charge is -2.15. The summed E-state index contributed by atoms with van der Waals surface area (Å²) in [5.74, 6) is -2.48. The van der Waals surface area contributed by atoms with Crippen molar-refractivity contribution in [1.29, 1.82) is 0 Å². The van der Waals surface area contributed by atoms with E-state index < -0.39 is 40.0 Å². The summed E-state index contributed by atoms with van der Waals surface area (Å²) in [6, 6.07) is 6.62. The summed E-state index contributed by atoms with van der Waals surface area (Å²) in [5, 5.41) is 9.47. The maximum atomic E-state index is 13.8. The van der Waals surface area contributed by atoms with Gasteiger partial charge in [0.25, 0.3) is 10.0 Å². The number of nitrogens with one attached hydrogen (secondary N) is 1. The zero-order chi connectivity index (χ0) is 20.5. The number of sulfonamides is 1. The molecule has 0 aliphatic carbocycles. The zero-order valence-electron chi connectivity index (χ0n) is 14.9. The molecule has 150 valence electrons. The van der Waals surface area contributed by atoms with Crippen LogP contribution in [0.3, 0.4) is 0 Å². The van der Waals surface area contributed by atoms with Gasteiger partial charge in [0.1, 0.15) is 23.0 Å². The average Bonchev–Trinajstić information content (AvgIpc) is 2.98. The first-order chi connectivity index (χ1) is 13.2. The number of fused-ring (bicyclic) bond motifs is 1. The molecule has 1 atom stereocenters. The highest BCUT2D eigenvalue weighted by Gasteiger charge is 2.25. The van der Waals surface area contributed by atoms with Gasteiger partial charge in [-0.15, -0.1) is 0 Å². The van der Waals surface area contributed by atoms with E-state index in [1.807, 2.05) is 0 Å². The van der Waals surface area contributed by atoms with Crippen molar-refractivity contribution in [2.24, 2.45) is 5.92 Å². The molecule has 3 rings (SSSR count). The predicted molar refractivity (Wildman–Crippen MR) is 96.7 cm³/mol. The van der Waals surface area contributed by atoms with Crippen LogP contribution >= 0.6 is 0 Å². The molecule has 2 N–H and O–H groups in total. The van der Waals surface area contributed by atoms with E-state index in [0.29, 0.717) is 5.39 Å². The number of aryl methyl sites for hydroxylation is 1. The summed E-state index contributed by atoms with van der Waals surface area (Å²) in [7, 11) is -4.10. The Morgan fingerprint density at radius 2 is 1.79 bits per heavy atom. The molecule has 0 fully saturated rings. The lowest BCUT2D eigenvalue weighted by Crippen LogP contribution is -2.32. The number of rotatable bonds is 7. The Morgan fingerprint density at radius 3 is 2.50 bits per heavy atom. The Morgan fingerprint density at radius 1 is 1.11 bits per heavy atom. The molecule has 0 spiro atoms. The number of hydrogen-bond donors (Lipinski definition) is 2. The molecule has 3 aromatic rings. The van der Waals surface area contributed by atoms with Crippen LogP contribution in [0.5, 0.6) is 0 Å². The molecule has 1 unspecified atom stereocenters. The van der Waals surface area contributed by atoms with Crippen LogP contribution in [0.25, 0.3) is 11.0 Å². The molecule has 0 saturated heterocycles. The molecule has 1 aromatic heterocycles. The van der Waals surface area contributed by atoms with Crippen molar-refractivity contribution in [2.75, 3.05) is 13.2 Å². The lowest BCUT2D eigenvalue weighted by atomic mass is 10.00. The van der Waals surface area contributed by atoms with E-state index in [9.17, 15) is 26.7 Å². The lowest BCUT2D eigenvalue weighted by molar-refractivity contribution is 0.225. The van der Waals surface area contributed by atoms with Crippen molar-refractivity contribution in [1.82, 2.24) is 4.72 Å². The second-order valence-corrected chi connectivity index (χ2v) is 8.16. The molecule has 0 radical (unpaired) electrons. The van der Waals surface area contributed by atoms with Crippen LogP contribution in [0.2, 0.25) is 0 Å². The van der Waals surface area contributed by atoms with Crippen molar-refractivity contribution in [3.05, 3.63) is 65.0 Å². The maximum Gasteiger partial charge on any atom is 0.274 e. The topological polar surface area (TPSA) is 79.5 Å². The molecule has 0 aliphatic heterocycles. The summed E-state index contributed by atoms with van der Waals surface area (Å²) in [4.78, 5) is 0. The van der Waals surface area contributed by atoms with Crippen LogP contribution in [-0.4, -0.2) is 26.7 Å². The minimum absolute atomic E-state index is 0.0358. The number of furan rings is 1. The van der Waals surface area contributed by atoms with E-state index in [4.69, 9.17) is 4.42 Å². The number of aliphatic hydroxyl groups is 1. The van der Waals surface area contributed by atoms with Crippen molar-refractivity contribution in [3.8, 4) is 0 Å². The summed E-state index contributed by atoms with van der Waals surface area (Å²) in [5.41, 5.74) is 0.507. The normalized spacial score (nSPS) is 13.2. The third kappa shape index (κ3) is 4.21. The fourth-order valence-corrected chi connectivity index (χ4v) is 4.23. The fourth-order valence-electron chi connectivity index (χ4n) is 2.93. The van der Waals surface area contributed by atoms with Crippen LogP contribution in [0.4, 0.5) is 13.2 Å². The fraction of sp³-hybridized carbons (Fsp3) is 0.263. The Hall–Kier alpha value is -2.36. The molecular formula is C19H18F3NO4S. The second kappa shape index (κ2) is 7.94. The molecule has 5 nitrogen and oxygen atoms in total. The van der Waals surface area contributed by atoms with Crippen LogP contribution in [0.15, 0.2) is 45.9 Å². The van der Waals surface area contributed by atoms with Gasteiger partial charge in [-0.1, -0.05) is 0 Å². The van der Waals surface area contributed by atoms with E-state index in [1.165, 1.54) is 19.1 Å². The summed E-state index contributed by atoms with van der Waals surface area (Å²) < 4.78 is 73.3. The smallest absolute Gasteiger partial charge is 0.274 e. The Bertz CT molecular complexity index is 1110. The highest BCUT2D eigenvalue weighted by molar-refractivity contribution is 7.89. The quantitative estimate of drug-likeness (QED) is 0.623. The summed E-state index contributed by atoms with van der Waals surface area (Å²) in [6.07, 6.45) is -0.0626. The standard InChI is InChI=1S/C19H18F3NO4S/c1-11-16-8-15(21)3-5-18(16)27-19(11)28(25,26)23-9-12(10-24)6-13-7-14(20)2-4-17(13)22/h2-5,7-8,12,23-24H,6,9-10H2,1H3. The minimum atomic E-state index is -4.10. The largest absolute Gasteiger partial charge is 0.443 e. The molecule has 0 saturated carbocycles. The third-order valence-corrected chi connectivity index (χ3v) is 5.86. The predicted octanol–water partition coefficient (Wildman–Crippen LogP) is 3.29. The summed E-state index contributed by atoms with van der Waals surface area (Å²) in [6.45, 7) is 0.827. The van der Waals surface area contributed by atoms with Crippen molar-refractivity contribution in [3.63, 3.8) is 0 Å². The minimum Gasteiger partial charge on any atom is -0.443 e. The molecule has 2 aromatic carbocycles. The van der Waals surface area contributed by atoms with Crippen LogP contribution in [0.1, 0.15) is 11.1 Å². The van der Waals surface area contributed by atoms with Gasteiger partial charge in [-0.2, -0.15) is 0 Å². The van der Waals surface area contributed by atoms with Gasteiger partial charge in [0.15, 0.2) is 0 Å². The van der Waals surface area contributed by atoms with Gasteiger partial charge in [-0.05, 0) is 61.2 Å². The van der Waals surface area contributed by atoms with Crippen molar-refractivity contribution < 1.29 is 31.1 Å². The van der Waals surface area contributed by atoms with Gasteiger partial charge in [-0.25, -0.2) is 26.3 Å². The second-order valence-electron chi connectivity index (χ2n) is 6.50. The Labute approximate surface area is 159 Å². The number of aliphatic hydroxyl groups excluding tert-OH is 1. The van der Waals surface area contributed by atoms with E-state index >= 15 is 0 Å². The molecule has 28 heavy (non-hydrogen) atoms. The van der Waals surface area contributed by atoms with Crippen molar-refractivity contribution >= 4 is 21.0 Å². The van der Waals surface area contributed by atoms with Crippen LogP contribution in [0, 0.1) is 30.3 Å². The van der Waals surface area contributed by atoms with Gasteiger partial charge in [-0.3, -0.25) is 0 Å². The van der Waals surface area contributed by atoms with E-state index in [-0.39, 0.29) is 34.8 Å². The number of benzene rings is 2. The molecule has 0 aliphatic rings. The van der Waals surface area contributed by atoms with Gasteiger partial charge < -0.3 is 9.52 Å². The highest BCUT2D eigenvalue weighted by atomic mass is 32.2. The molecule has 0 bridgehead atoms. The van der Waals surface area contributed by atoms with Gasteiger partial charge in [0, 0.05) is 24.1 Å². The van der Waals surface area contributed by atoms with Gasteiger partial charge in [0.05, 0.1) is 0 Å². The first-order valence-corrected chi connectivity index (χ1v) is 9.92. The number of halogens is 3. The Kier molecular flexibility index (Phi) is 5.78. The van der Waals surface area contributed by atoms with E-state index in [1.54, 1.807) is 0 Å². The maximum absolute atomic E-state index is 13.8. The number of hydrogen-bond acceptors (Lipinski definition) is 4. The third-order valence-electron chi connectivity index (χ3n) is 4.44. The van der Waals surface area contributed by atoms with Crippen LogP contribution in [-0.2, 0) is 16.4 Å². The monoisotopic (exact) mass is 413 g/mol. The first kappa shape index (κ1) is 20.4. The SMILES string of the molecule is Cc1c(S(=O)(=O)NCC(CO)Cc2cc(F)ccc2F)oc2ccc(F)cc12. The van der Waals surface area contributed by atoms with E-state index in [2.05, 4.69) is 4.72 Å². The molecule has 1 heterocycles. The van der Waals surface area contributed by atoms with E-state index in [0.717, 1.165) is 24.3 Å². The summed E-state index contributed by atoms with van der Waals surface area (Å²) >= 11 is 0. The molecule has 9 heteroatoms. The van der Waals surface area contributed by atoms with Crippen LogP contribution < -0.4 is 4.72 Å². The molecular weight excluding hydrogens is 395 g/mol. The van der Waals surface area contributed by atoms with Gasteiger partial charge >= 0.3 is 0 Å². The highest BCUT2D eigenvalue weighted by Crippen LogP contribution is 2.29. The average molecular weight is 413 g/mol. The van der Waals surface area contributed by atoms with Crippen molar-refractivity contribution in [2.45, 2.75) is 18.4 Å². The zero-order valence-corrected chi connectivity index (χ0v) is 15.7.